The minimum atomic E-state index is 1.18. The van der Waals surface area contributed by atoms with Gasteiger partial charge in [-0.05, 0) is 56.9 Å². The summed E-state index contributed by atoms with van der Waals surface area (Å²) < 4.78 is 0. The van der Waals surface area contributed by atoms with Crippen molar-refractivity contribution < 1.29 is 0 Å². The quantitative estimate of drug-likeness (QED) is 0.314. The average molecular weight is 262 g/mol. The predicted molar refractivity (Wildman–Crippen MR) is 84.4 cm³/mol. The lowest BCUT2D eigenvalue weighted by molar-refractivity contribution is 0.716. The summed E-state index contributed by atoms with van der Waals surface area (Å²) in [5.41, 5.74) is 2.97. The summed E-state index contributed by atoms with van der Waals surface area (Å²) in [6.45, 7) is 6.66. The van der Waals surface area contributed by atoms with Crippen molar-refractivity contribution in [1.82, 2.24) is 0 Å². The van der Waals surface area contributed by atoms with Gasteiger partial charge in [0.2, 0.25) is 0 Å². The molecule has 0 aliphatic heterocycles. The number of thioether (sulfide) groups is 1. The van der Waals surface area contributed by atoms with E-state index in [2.05, 4.69) is 51.1 Å². The van der Waals surface area contributed by atoms with Crippen molar-refractivity contribution in [3.05, 3.63) is 41.5 Å². The van der Waals surface area contributed by atoms with Crippen molar-refractivity contribution in [1.29, 1.82) is 0 Å². The molecule has 0 radical (unpaired) electrons. The summed E-state index contributed by atoms with van der Waals surface area (Å²) in [4.78, 5) is 1.44. The molecule has 0 spiro atoms. The van der Waals surface area contributed by atoms with Crippen molar-refractivity contribution in [3.8, 4) is 0 Å². The predicted octanol–water partition coefficient (Wildman–Crippen LogP) is 6.00. The number of aryl methyl sites for hydroxylation is 1. The maximum atomic E-state index is 2.35. The average Bonchev–Trinajstić information content (AvgIpc) is 2.36. The number of rotatable bonds is 8. The van der Waals surface area contributed by atoms with E-state index in [1.54, 1.807) is 5.57 Å². The molecule has 0 aromatic heterocycles. The SMILES string of the molecule is CC/C=C(/C)CCCCCSc1ccccc1C. The van der Waals surface area contributed by atoms with Gasteiger partial charge in [-0.25, -0.2) is 0 Å². The molecule has 0 nitrogen and oxygen atoms in total. The van der Waals surface area contributed by atoms with Crippen LogP contribution in [0.3, 0.4) is 0 Å². The first-order valence-electron chi connectivity index (χ1n) is 7.08. The Balaban J connectivity index is 2.09. The van der Waals surface area contributed by atoms with Crippen LogP contribution in [0.4, 0.5) is 0 Å². The summed E-state index contributed by atoms with van der Waals surface area (Å²) in [6, 6.07) is 8.67. The Morgan fingerprint density at radius 2 is 1.94 bits per heavy atom. The number of allylic oxidation sites excluding steroid dienone is 2. The van der Waals surface area contributed by atoms with Gasteiger partial charge in [0.15, 0.2) is 0 Å². The number of benzene rings is 1. The molecule has 0 amide bonds. The molecule has 1 aromatic rings. The summed E-state index contributed by atoms with van der Waals surface area (Å²) in [5, 5.41) is 0. The van der Waals surface area contributed by atoms with Crippen LogP contribution in [0.2, 0.25) is 0 Å². The van der Waals surface area contributed by atoms with Crippen molar-refractivity contribution in [2.24, 2.45) is 0 Å². The van der Waals surface area contributed by atoms with Gasteiger partial charge in [-0.15, -0.1) is 11.8 Å². The Kier molecular flexibility index (Phi) is 7.91. The van der Waals surface area contributed by atoms with Crippen LogP contribution < -0.4 is 0 Å². The van der Waals surface area contributed by atoms with Crippen LogP contribution in [0.25, 0.3) is 0 Å². The number of hydrogen-bond donors (Lipinski definition) is 0. The fourth-order valence-electron chi connectivity index (χ4n) is 2.03. The van der Waals surface area contributed by atoms with Gasteiger partial charge in [-0.2, -0.15) is 0 Å². The first-order valence-corrected chi connectivity index (χ1v) is 8.06. The molecule has 0 aliphatic carbocycles. The van der Waals surface area contributed by atoms with Crippen molar-refractivity contribution in [2.45, 2.75) is 57.8 Å². The summed E-state index contributed by atoms with van der Waals surface area (Å²) in [6.07, 6.45) is 8.84. The van der Waals surface area contributed by atoms with Crippen molar-refractivity contribution in [2.75, 3.05) is 5.75 Å². The van der Waals surface area contributed by atoms with Crippen LogP contribution in [-0.2, 0) is 0 Å². The molecule has 0 unspecified atom stereocenters. The van der Waals surface area contributed by atoms with E-state index in [0.29, 0.717) is 0 Å². The summed E-state index contributed by atoms with van der Waals surface area (Å²) in [5.74, 6) is 1.25. The lowest BCUT2D eigenvalue weighted by Gasteiger charge is -2.05. The zero-order valence-electron chi connectivity index (χ0n) is 12.0. The molecule has 0 atom stereocenters. The molecule has 0 heterocycles. The lowest BCUT2D eigenvalue weighted by Crippen LogP contribution is -1.85. The van der Waals surface area contributed by atoms with E-state index >= 15 is 0 Å². The molecule has 1 heteroatoms. The Morgan fingerprint density at radius 1 is 1.17 bits per heavy atom. The Hall–Kier alpha value is -0.690. The maximum Gasteiger partial charge on any atom is 0.0101 e. The number of unbranched alkanes of at least 4 members (excludes halogenated alkanes) is 2. The van der Waals surface area contributed by atoms with Crippen LogP contribution in [0.15, 0.2) is 40.8 Å². The van der Waals surface area contributed by atoms with Crippen LogP contribution in [0.5, 0.6) is 0 Å². The van der Waals surface area contributed by atoms with Gasteiger partial charge in [0.05, 0.1) is 0 Å². The Bertz CT molecular complexity index is 366. The topological polar surface area (TPSA) is 0 Å². The van der Waals surface area contributed by atoms with Gasteiger partial charge in [-0.1, -0.05) is 43.2 Å². The van der Waals surface area contributed by atoms with E-state index in [4.69, 9.17) is 0 Å². The maximum absolute atomic E-state index is 2.35. The smallest absolute Gasteiger partial charge is 0.0101 e. The molecule has 100 valence electrons. The van der Waals surface area contributed by atoms with Gasteiger partial charge in [-0.3, -0.25) is 0 Å². The van der Waals surface area contributed by atoms with Crippen LogP contribution in [-0.4, -0.2) is 5.75 Å². The molecular formula is C17H26S. The largest absolute Gasteiger partial charge is 0.126 e. The highest BCUT2D eigenvalue weighted by Gasteiger charge is 1.97. The van der Waals surface area contributed by atoms with Gasteiger partial charge in [0, 0.05) is 4.90 Å². The van der Waals surface area contributed by atoms with Gasteiger partial charge in [0.25, 0.3) is 0 Å². The highest BCUT2D eigenvalue weighted by Crippen LogP contribution is 2.23. The van der Waals surface area contributed by atoms with E-state index < -0.39 is 0 Å². The monoisotopic (exact) mass is 262 g/mol. The lowest BCUT2D eigenvalue weighted by atomic mass is 10.1. The van der Waals surface area contributed by atoms with E-state index in [9.17, 15) is 0 Å². The minimum Gasteiger partial charge on any atom is -0.126 e. The Labute approximate surface area is 117 Å². The van der Waals surface area contributed by atoms with Gasteiger partial charge < -0.3 is 0 Å². The second kappa shape index (κ2) is 9.27. The van der Waals surface area contributed by atoms with E-state index in [0.717, 1.165) is 0 Å². The first-order chi connectivity index (χ1) is 8.74. The van der Waals surface area contributed by atoms with Crippen LogP contribution >= 0.6 is 11.8 Å². The molecule has 0 bridgehead atoms. The van der Waals surface area contributed by atoms with Crippen LogP contribution in [0, 0.1) is 6.92 Å². The minimum absolute atomic E-state index is 1.18. The second-order valence-electron chi connectivity index (χ2n) is 4.88. The molecule has 0 saturated heterocycles. The summed E-state index contributed by atoms with van der Waals surface area (Å²) in [7, 11) is 0. The second-order valence-corrected chi connectivity index (χ2v) is 6.02. The van der Waals surface area contributed by atoms with E-state index in [1.165, 1.54) is 48.3 Å². The molecular weight excluding hydrogens is 236 g/mol. The highest BCUT2D eigenvalue weighted by molar-refractivity contribution is 7.99. The molecule has 0 fully saturated rings. The van der Waals surface area contributed by atoms with E-state index in [-0.39, 0.29) is 0 Å². The third kappa shape index (κ3) is 6.30. The molecule has 0 aliphatic rings. The van der Waals surface area contributed by atoms with Gasteiger partial charge in [0.1, 0.15) is 0 Å². The summed E-state index contributed by atoms with van der Waals surface area (Å²) >= 11 is 2.00. The molecule has 1 rings (SSSR count). The normalized spacial score (nSPS) is 11.8. The molecule has 1 aromatic carbocycles. The Morgan fingerprint density at radius 3 is 2.67 bits per heavy atom. The zero-order chi connectivity index (χ0) is 13.2. The molecule has 0 N–H and O–H groups in total. The zero-order valence-corrected chi connectivity index (χ0v) is 12.9. The standard InChI is InChI=1S/C17H26S/c1-4-10-15(2)11-6-5-9-14-18-17-13-8-7-12-16(17)3/h7-8,10,12-13H,4-6,9,11,14H2,1-3H3/b15-10-. The first kappa shape index (κ1) is 15.4. The molecule has 0 saturated carbocycles. The van der Waals surface area contributed by atoms with Crippen LogP contribution in [0.1, 0.15) is 51.5 Å². The number of hydrogen-bond acceptors (Lipinski definition) is 1. The highest BCUT2D eigenvalue weighted by atomic mass is 32.2. The molecule has 18 heavy (non-hydrogen) atoms. The van der Waals surface area contributed by atoms with Crippen molar-refractivity contribution >= 4 is 11.8 Å². The van der Waals surface area contributed by atoms with E-state index in [1.807, 2.05) is 11.8 Å². The van der Waals surface area contributed by atoms with Gasteiger partial charge >= 0.3 is 0 Å². The van der Waals surface area contributed by atoms with Crippen molar-refractivity contribution in [3.63, 3.8) is 0 Å². The third-order valence-corrected chi connectivity index (χ3v) is 4.38. The fourth-order valence-corrected chi connectivity index (χ4v) is 3.07. The fraction of sp³-hybridized carbons (Fsp3) is 0.529. The third-order valence-electron chi connectivity index (χ3n) is 3.12.